The van der Waals surface area contributed by atoms with Crippen LogP contribution in [-0.2, 0) is 0 Å². The number of nitrogens with one attached hydrogen (secondary N) is 1. The molecule has 0 saturated heterocycles. The molecule has 1 saturated carbocycles. The molecule has 3 N–H and O–H groups in total. The van der Waals surface area contributed by atoms with E-state index in [-0.39, 0.29) is 17.7 Å². The first kappa shape index (κ1) is 15.5. The van der Waals surface area contributed by atoms with Crippen LogP contribution in [0.4, 0.5) is 0 Å². The monoisotopic (exact) mass is 291 g/mol. The van der Waals surface area contributed by atoms with Crippen LogP contribution in [0, 0.1) is 5.92 Å². The van der Waals surface area contributed by atoms with Gasteiger partial charge in [0.25, 0.3) is 5.91 Å². The second-order valence-corrected chi connectivity index (χ2v) is 5.94. The maximum atomic E-state index is 12.1. The molecule has 5 heteroatoms. The van der Waals surface area contributed by atoms with Crippen molar-refractivity contribution in [3.8, 4) is 0 Å². The second kappa shape index (κ2) is 6.26. The minimum atomic E-state index is -1.13. The molecule has 0 radical (unpaired) electrons. The highest BCUT2D eigenvalue weighted by Gasteiger charge is 2.32. The zero-order valence-corrected chi connectivity index (χ0v) is 12.1. The van der Waals surface area contributed by atoms with Crippen molar-refractivity contribution >= 4 is 11.9 Å². The number of hydrogen-bond acceptors (Lipinski definition) is 3. The Kier molecular flexibility index (Phi) is 4.63. The van der Waals surface area contributed by atoms with Crippen molar-refractivity contribution in [2.24, 2.45) is 5.92 Å². The summed E-state index contributed by atoms with van der Waals surface area (Å²) in [5.41, 5.74) is -0.780. The predicted molar refractivity (Wildman–Crippen MR) is 78.3 cm³/mol. The Morgan fingerprint density at radius 1 is 1.24 bits per heavy atom. The fraction of sp³-hybridized carbons (Fsp3) is 0.500. The first-order chi connectivity index (χ1) is 9.91. The number of hydrogen-bond donors (Lipinski definition) is 3. The predicted octanol–water partition coefficient (Wildman–Crippen LogP) is 2.06. The summed E-state index contributed by atoms with van der Waals surface area (Å²) in [5, 5.41) is 22.2. The SMILES string of the molecule is CC1CCC(O)(CNC(=O)c2ccccc2C(=O)O)CC1. The lowest BCUT2D eigenvalue weighted by Gasteiger charge is -2.35. The summed E-state index contributed by atoms with van der Waals surface area (Å²) in [6.45, 7) is 2.31. The quantitative estimate of drug-likeness (QED) is 0.792. The third kappa shape index (κ3) is 3.82. The van der Waals surface area contributed by atoms with Crippen molar-refractivity contribution in [1.82, 2.24) is 5.32 Å². The Hall–Kier alpha value is -1.88. The smallest absolute Gasteiger partial charge is 0.336 e. The fourth-order valence-corrected chi connectivity index (χ4v) is 2.68. The topological polar surface area (TPSA) is 86.6 Å². The van der Waals surface area contributed by atoms with E-state index in [1.165, 1.54) is 12.1 Å². The largest absolute Gasteiger partial charge is 0.478 e. The highest BCUT2D eigenvalue weighted by molar-refractivity contribution is 6.04. The molecule has 1 fully saturated rings. The number of amides is 1. The van der Waals surface area contributed by atoms with Crippen molar-refractivity contribution in [3.63, 3.8) is 0 Å². The molecule has 0 spiro atoms. The number of rotatable bonds is 4. The number of carboxylic acid groups (broad SMARTS) is 1. The van der Waals surface area contributed by atoms with Gasteiger partial charge in [-0.1, -0.05) is 19.1 Å². The second-order valence-electron chi connectivity index (χ2n) is 5.94. The molecule has 0 unspecified atom stereocenters. The van der Waals surface area contributed by atoms with Crippen LogP contribution in [0.5, 0.6) is 0 Å². The Balaban J connectivity index is 2.01. The average molecular weight is 291 g/mol. The number of aromatic carboxylic acids is 1. The number of carbonyl (C=O) groups excluding carboxylic acids is 1. The van der Waals surface area contributed by atoms with E-state index in [9.17, 15) is 14.7 Å². The summed E-state index contributed by atoms with van der Waals surface area (Å²) in [7, 11) is 0. The summed E-state index contributed by atoms with van der Waals surface area (Å²) < 4.78 is 0. The molecular weight excluding hydrogens is 270 g/mol. The molecule has 1 aliphatic carbocycles. The molecule has 0 atom stereocenters. The fourth-order valence-electron chi connectivity index (χ4n) is 2.68. The van der Waals surface area contributed by atoms with E-state index in [4.69, 9.17) is 5.11 Å². The van der Waals surface area contributed by atoms with Gasteiger partial charge in [0, 0.05) is 6.54 Å². The summed E-state index contributed by atoms with van der Waals surface area (Å²) >= 11 is 0. The van der Waals surface area contributed by atoms with Gasteiger partial charge in [-0.05, 0) is 43.7 Å². The van der Waals surface area contributed by atoms with E-state index in [1.54, 1.807) is 12.1 Å². The van der Waals surface area contributed by atoms with Crippen LogP contribution in [0.1, 0.15) is 53.3 Å². The van der Waals surface area contributed by atoms with Gasteiger partial charge in [0.15, 0.2) is 0 Å². The van der Waals surface area contributed by atoms with Gasteiger partial charge in [-0.2, -0.15) is 0 Å². The highest BCUT2D eigenvalue weighted by Crippen LogP contribution is 2.31. The van der Waals surface area contributed by atoms with Crippen LogP contribution < -0.4 is 5.32 Å². The summed E-state index contributed by atoms with van der Waals surface area (Å²) in [4.78, 5) is 23.2. The lowest BCUT2D eigenvalue weighted by molar-refractivity contribution is -0.00540. The third-order valence-corrected chi connectivity index (χ3v) is 4.19. The van der Waals surface area contributed by atoms with Crippen LogP contribution in [-0.4, -0.2) is 34.2 Å². The van der Waals surface area contributed by atoms with Gasteiger partial charge in [-0.15, -0.1) is 0 Å². The van der Waals surface area contributed by atoms with Gasteiger partial charge >= 0.3 is 5.97 Å². The molecule has 0 aliphatic heterocycles. The van der Waals surface area contributed by atoms with Gasteiger partial charge in [0.1, 0.15) is 0 Å². The third-order valence-electron chi connectivity index (χ3n) is 4.19. The van der Waals surface area contributed by atoms with E-state index >= 15 is 0 Å². The molecule has 0 aromatic heterocycles. The highest BCUT2D eigenvalue weighted by atomic mass is 16.4. The molecular formula is C16H21NO4. The van der Waals surface area contributed by atoms with Crippen molar-refractivity contribution in [2.75, 3.05) is 6.54 Å². The van der Waals surface area contributed by atoms with Crippen molar-refractivity contribution in [1.29, 1.82) is 0 Å². The number of carboxylic acids is 1. The minimum Gasteiger partial charge on any atom is -0.478 e. The minimum absolute atomic E-state index is 0.0285. The molecule has 1 amide bonds. The van der Waals surface area contributed by atoms with E-state index in [0.29, 0.717) is 18.8 Å². The molecule has 1 aromatic carbocycles. The van der Waals surface area contributed by atoms with E-state index in [0.717, 1.165) is 12.8 Å². The summed E-state index contributed by atoms with van der Waals surface area (Å²) in [5.74, 6) is -0.986. The number of benzene rings is 1. The molecule has 21 heavy (non-hydrogen) atoms. The van der Waals surface area contributed by atoms with Crippen LogP contribution in [0.15, 0.2) is 24.3 Å². The van der Waals surface area contributed by atoms with Crippen molar-refractivity contribution in [3.05, 3.63) is 35.4 Å². The maximum Gasteiger partial charge on any atom is 0.336 e. The van der Waals surface area contributed by atoms with E-state index < -0.39 is 17.5 Å². The van der Waals surface area contributed by atoms with Crippen molar-refractivity contribution in [2.45, 2.75) is 38.2 Å². The molecule has 0 bridgehead atoms. The zero-order chi connectivity index (χ0) is 15.5. The molecule has 5 nitrogen and oxygen atoms in total. The van der Waals surface area contributed by atoms with Crippen LogP contribution in [0.3, 0.4) is 0 Å². The lowest BCUT2D eigenvalue weighted by Crippen LogP contribution is -2.45. The first-order valence-corrected chi connectivity index (χ1v) is 7.24. The normalized spacial score (nSPS) is 25.3. The molecule has 2 rings (SSSR count). The number of aliphatic hydroxyl groups is 1. The molecule has 1 aliphatic rings. The number of carbonyl (C=O) groups is 2. The molecule has 114 valence electrons. The van der Waals surface area contributed by atoms with Crippen molar-refractivity contribution < 1.29 is 19.8 Å². The van der Waals surface area contributed by atoms with Gasteiger partial charge in [0.05, 0.1) is 16.7 Å². The van der Waals surface area contributed by atoms with Gasteiger partial charge in [-0.25, -0.2) is 4.79 Å². The average Bonchev–Trinajstić information content (AvgIpc) is 2.48. The van der Waals surface area contributed by atoms with Gasteiger partial charge < -0.3 is 15.5 Å². The van der Waals surface area contributed by atoms with Crippen LogP contribution in [0.25, 0.3) is 0 Å². The maximum absolute atomic E-state index is 12.1. The van der Waals surface area contributed by atoms with E-state index in [2.05, 4.69) is 12.2 Å². The summed E-state index contributed by atoms with van der Waals surface area (Å²) in [6.07, 6.45) is 3.21. The summed E-state index contributed by atoms with van der Waals surface area (Å²) in [6, 6.07) is 6.08. The first-order valence-electron chi connectivity index (χ1n) is 7.24. The van der Waals surface area contributed by atoms with Crippen LogP contribution in [0.2, 0.25) is 0 Å². The Morgan fingerprint density at radius 2 is 1.81 bits per heavy atom. The van der Waals surface area contributed by atoms with Gasteiger partial charge in [-0.3, -0.25) is 4.79 Å². The Bertz CT molecular complexity index is 533. The zero-order valence-electron chi connectivity index (χ0n) is 12.1. The molecule has 1 aromatic rings. The Morgan fingerprint density at radius 3 is 2.38 bits per heavy atom. The standard InChI is InChI=1S/C16H21NO4/c1-11-6-8-16(21,9-7-11)10-17-14(18)12-4-2-3-5-13(12)15(19)20/h2-5,11,21H,6-10H2,1H3,(H,17,18)(H,19,20). The van der Waals surface area contributed by atoms with Gasteiger partial charge in [0.2, 0.25) is 0 Å². The van der Waals surface area contributed by atoms with Crippen LogP contribution >= 0.6 is 0 Å². The molecule has 0 heterocycles. The lowest BCUT2D eigenvalue weighted by atomic mass is 9.79. The Labute approximate surface area is 124 Å². The van der Waals surface area contributed by atoms with E-state index in [1.807, 2.05) is 0 Å².